The molecule has 0 saturated carbocycles. The number of hydrogen-bond acceptors (Lipinski definition) is 3. The maximum absolute atomic E-state index is 11.4. The molecule has 2 aromatic rings. The number of benzene rings is 1. The summed E-state index contributed by atoms with van der Waals surface area (Å²) < 4.78 is 8.31. The first-order valence-corrected chi connectivity index (χ1v) is 5.47. The van der Waals surface area contributed by atoms with Gasteiger partial charge in [0.2, 0.25) is 0 Å². The van der Waals surface area contributed by atoms with E-state index >= 15 is 0 Å². The van der Waals surface area contributed by atoms with E-state index in [1.54, 1.807) is 7.05 Å². The van der Waals surface area contributed by atoms with E-state index in [1.165, 1.54) is 15.6 Å². The highest BCUT2D eigenvalue weighted by Crippen LogP contribution is 1.99. The van der Waals surface area contributed by atoms with Gasteiger partial charge < -0.3 is 4.74 Å². The Hall–Kier alpha value is -1.88. The quantitative estimate of drug-likeness (QED) is 0.718. The number of hydrogen-bond donors (Lipinski definition) is 0. The highest BCUT2D eigenvalue weighted by atomic mass is 16.5. The van der Waals surface area contributed by atoms with Crippen LogP contribution in [-0.4, -0.2) is 21.0 Å². The maximum Gasteiger partial charge on any atom is 0.345 e. The molecular weight excluding hydrogens is 218 g/mol. The van der Waals surface area contributed by atoms with Crippen molar-refractivity contribution >= 4 is 0 Å². The number of aryl methyl sites for hydroxylation is 1. The second-order valence-electron chi connectivity index (χ2n) is 3.79. The molecule has 0 atom stereocenters. The Kier molecular flexibility index (Phi) is 3.72. The van der Waals surface area contributed by atoms with E-state index in [4.69, 9.17) is 4.74 Å². The SMILES string of the molecule is Cn1cnn(CCOCc2ccccc2)c1=O. The van der Waals surface area contributed by atoms with Crippen LogP contribution in [0.5, 0.6) is 0 Å². The number of ether oxygens (including phenoxy) is 1. The van der Waals surface area contributed by atoms with E-state index in [1.807, 2.05) is 30.3 Å². The van der Waals surface area contributed by atoms with Crippen LogP contribution >= 0.6 is 0 Å². The molecule has 0 aliphatic rings. The lowest BCUT2D eigenvalue weighted by atomic mass is 10.2. The molecule has 0 unspecified atom stereocenters. The van der Waals surface area contributed by atoms with Gasteiger partial charge in [0.15, 0.2) is 0 Å². The molecule has 0 saturated heterocycles. The molecule has 0 aliphatic carbocycles. The summed E-state index contributed by atoms with van der Waals surface area (Å²) in [6.07, 6.45) is 1.50. The molecule has 5 nitrogen and oxygen atoms in total. The third-order valence-corrected chi connectivity index (χ3v) is 2.45. The molecule has 0 amide bonds. The van der Waals surface area contributed by atoms with Crippen LogP contribution in [0.2, 0.25) is 0 Å². The Morgan fingerprint density at radius 2 is 2.06 bits per heavy atom. The number of rotatable bonds is 5. The van der Waals surface area contributed by atoms with Crippen LogP contribution in [0, 0.1) is 0 Å². The summed E-state index contributed by atoms with van der Waals surface area (Å²) in [7, 11) is 1.68. The van der Waals surface area contributed by atoms with E-state index in [0.717, 1.165) is 5.56 Å². The fraction of sp³-hybridized carbons (Fsp3) is 0.333. The Morgan fingerprint density at radius 1 is 1.29 bits per heavy atom. The second-order valence-corrected chi connectivity index (χ2v) is 3.79. The minimum absolute atomic E-state index is 0.117. The zero-order valence-electron chi connectivity index (χ0n) is 9.74. The van der Waals surface area contributed by atoms with Gasteiger partial charge >= 0.3 is 5.69 Å². The van der Waals surface area contributed by atoms with Crippen molar-refractivity contribution in [3.63, 3.8) is 0 Å². The third-order valence-electron chi connectivity index (χ3n) is 2.45. The summed E-state index contributed by atoms with van der Waals surface area (Å²) >= 11 is 0. The Labute approximate surface area is 99.3 Å². The molecule has 2 rings (SSSR count). The molecule has 0 aliphatic heterocycles. The van der Waals surface area contributed by atoms with Crippen LogP contribution in [-0.2, 0) is 24.9 Å². The molecule has 90 valence electrons. The monoisotopic (exact) mass is 233 g/mol. The number of nitrogens with zero attached hydrogens (tertiary/aromatic N) is 3. The van der Waals surface area contributed by atoms with Gasteiger partial charge in [0.25, 0.3) is 0 Å². The van der Waals surface area contributed by atoms with Gasteiger partial charge in [-0.25, -0.2) is 9.48 Å². The standard InChI is InChI=1S/C12H15N3O2/c1-14-10-13-15(12(14)16)7-8-17-9-11-5-3-2-4-6-11/h2-6,10H,7-9H2,1H3. The van der Waals surface area contributed by atoms with Crippen molar-refractivity contribution in [3.05, 3.63) is 52.7 Å². The van der Waals surface area contributed by atoms with Crippen LogP contribution in [0.15, 0.2) is 41.5 Å². The molecule has 0 radical (unpaired) electrons. The summed E-state index contributed by atoms with van der Waals surface area (Å²) in [5.41, 5.74) is 1.01. The Balaban J connectivity index is 1.77. The summed E-state index contributed by atoms with van der Waals surface area (Å²) in [6, 6.07) is 9.93. The highest BCUT2D eigenvalue weighted by Gasteiger charge is 2.00. The zero-order valence-corrected chi connectivity index (χ0v) is 9.74. The van der Waals surface area contributed by atoms with E-state index in [9.17, 15) is 4.79 Å². The van der Waals surface area contributed by atoms with Crippen LogP contribution in [0.1, 0.15) is 5.56 Å². The molecule has 0 bridgehead atoms. The lowest BCUT2D eigenvalue weighted by Gasteiger charge is -2.03. The molecule has 5 heteroatoms. The molecular formula is C12H15N3O2. The predicted molar refractivity (Wildman–Crippen MR) is 63.6 cm³/mol. The Morgan fingerprint density at radius 3 is 2.71 bits per heavy atom. The summed E-state index contributed by atoms with van der Waals surface area (Å²) in [4.78, 5) is 11.4. The van der Waals surface area contributed by atoms with E-state index in [2.05, 4.69) is 5.10 Å². The summed E-state index contributed by atoms with van der Waals surface area (Å²) in [5, 5.41) is 3.95. The summed E-state index contributed by atoms with van der Waals surface area (Å²) in [5.74, 6) is 0. The van der Waals surface area contributed by atoms with Crippen LogP contribution in [0.3, 0.4) is 0 Å². The molecule has 1 aromatic heterocycles. The van der Waals surface area contributed by atoms with Crippen LogP contribution < -0.4 is 5.69 Å². The topological polar surface area (TPSA) is 49.0 Å². The van der Waals surface area contributed by atoms with E-state index in [-0.39, 0.29) is 5.69 Å². The van der Waals surface area contributed by atoms with Crippen molar-refractivity contribution in [2.24, 2.45) is 7.05 Å². The zero-order chi connectivity index (χ0) is 12.1. The van der Waals surface area contributed by atoms with Crippen molar-refractivity contribution in [1.82, 2.24) is 14.3 Å². The fourth-order valence-corrected chi connectivity index (χ4v) is 1.49. The smallest absolute Gasteiger partial charge is 0.345 e. The summed E-state index contributed by atoms with van der Waals surface area (Å²) in [6.45, 7) is 1.51. The van der Waals surface area contributed by atoms with Crippen molar-refractivity contribution < 1.29 is 4.74 Å². The first kappa shape index (κ1) is 11.6. The van der Waals surface area contributed by atoms with Gasteiger partial charge in [-0.3, -0.25) is 4.57 Å². The van der Waals surface area contributed by atoms with Crippen molar-refractivity contribution in [1.29, 1.82) is 0 Å². The van der Waals surface area contributed by atoms with Crippen LogP contribution in [0.25, 0.3) is 0 Å². The predicted octanol–water partition coefficient (Wildman–Crippen LogP) is 0.799. The minimum Gasteiger partial charge on any atom is -0.375 e. The average molecular weight is 233 g/mol. The molecule has 0 N–H and O–H groups in total. The van der Waals surface area contributed by atoms with Crippen LogP contribution in [0.4, 0.5) is 0 Å². The van der Waals surface area contributed by atoms with E-state index in [0.29, 0.717) is 19.8 Å². The first-order chi connectivity index (χ1) is 8.27. The lowest BCUT2D eigenvalue weighted by Crippen LogP contribution is -2.24. The molecule has 1 aromatic carbocycles. The van der Waals surface area contributed by atoms with Gasteiger partial charge in [-0.05, 0) is 5.56 Å². The molecule has 0 spiro atoms. The van der Waals surface area contributed by atoms with Gasteiger partial charge in [0.05, 0.1) is 19.8 Å². The van der Waals surface area contributed by atoms with Gasteiger partial charge in [-0.1, -0.05) is 30.3 Å². The second kappa shape index (κ2) is 5.45. The molecule has 17 heavy (non-hydrogen) atoms. The molecule has 0 fully saturated rings. The van der Waals surface area contributed by atoms with Crippen molar-refractivity contribution in [2.45, 2.75) is 13.2 Å². The largest absolute Gasteiger partial charge is 0.375 e. The average Bonchev–Trinajstić information content (AvgIpc) is 2.67. The van der Waals surface area contributed by atoms with Gasteiger partial charge in [-0.15, -0.1) is 0 Å². The molecule has 1 heterocycles. The van der Waals surface area contributed by atoms with Crippen molar-refractivity contribution in [3.8, 4) is 0 Å². The maximum atomic E-state index is 11.4. The lowest BCUT2D eigenvalue weighted by molar-refractivity contribution is 0.110. The van der Waals surface area contributed by atoms with E-state index < -0.39 is 0 Å². The van der Waals surface area contributed by atoms with Crippen molar-refractivity contribution in [2.75, 3.05) is 6.61 Å². The first-order valence-electron chi connectivity index (χ1n) is 5.47. The third kappa shape index (κ3) is 3.04. The highest BCUT2D eigenvalue weighted by molar-refractivity contribution is 5.13. The minimum atomic E-state index is -0.117. The van der Waals surface area contributed by atoms with Gasteiger partial charge in [-0.2, -0.15) is 5.10 Å². The normalized spacial score (nSPS) is 10.6. The Bertz CT molecular complexity index is 516. The van der Waals surface area contributed by atoms with Gasteiger partial charge in [0.1, 0.15) is 6.33 Å². The fourth-order valence-electron chi connectivity index (χ4n) is 1.49. The number of aromatic nitrogens is 3. The van der Waals surface area contributed by atoms with Gasteiger partial charge in [0, 0.05) is 7.05 Å².